The van der Waals surface area contributed by atoms with Crippen molar-refractivity contribution in [2.75, 3.05) is 0 Å². The van der Waals surface area contributed by atoms with E-state index < -0.39 is 0 Å². The summed E-state index contributed by atoms with van der Waals surface area (Å²) in [4.78, 5) is 49.7. The molecule has 19 aromatic rings. The number of hydrogen-bond acceptors (Lipinski definition) is 11. The molecule has 0 unspecified atom stereocenters. The summed E-state index contributed by atoms with van der Waals surface area (Å²) in [5.41, 5.74) is 23.0. The lowest BCUT2D eigenvalue weighted by atomic mass is 10.00. The second-order valence-corrected chi connectivity index (χ2v) is 26.7. The first-order valence-corrected chi connectivity index (χ1v) is 36.6. The Morgan fingerprint density at radius 3 is 0.748 bits per heavy atom. The molecule has 5 aromatic heterocycles. The third-order valence-electron chi connectivity index (χ3n) is 19.5. The zero-order valence-electron chi connectivity index (χ0n) is 59.8. The summed E-state index contributed by atoms with van der Waals surface area (Å²) in [6.45, 7) is 0. The maximum atomic E-state index is 9.29. The van der Waals surface area contributed by atoms with Gasteiger partial charge in [-0.25, -0.2) is 49.8 Å². The molecule has 111 heavy (non-hydrogen) atoms. The molecule has 0 spiro atoms. The molecule has 5 heterocycles. The first-order valence-electron chi connectivity index (χ1n) is 36.6. The topological polar surface area (TPSA) is 158 Å². The highest BCUT2D eigenvalue weighted by atomic mass is 15.0. The second kappa shape index (κ2) is 30.6. The van der Waals surface area contributed by atoms with E-state index in [-0.39, 0.29) is 0 Å². The molecule has 0 radical (unpaired) electrons. The van der Waals surface area contributed by atoms with E-state index in [4.69, 9.17) is 49.8 Å². The minimum atomic E-state index is 0.606. The summed E-state index contributed by atoms with van der Waals surface area (Å²) in [5, 5.41) is 11.8. The number of hydrogen-bond donors (Lipinski definition) is 0. The van der Waals surface area contributed by atoms with Crippen LogP contribution >= 0.6 is 0 Å². The van der Waals surface area contributed by atoms with E-state index >= 15 is 0 Å². The monoisotopic (exact) mass is 1420 g/mol. The predicted octanol–water partition coefficient (Wildman–Crippen LogP) is 23.6. The zero-order valence-corrected chi connectivity index (χ0v) is 59.8. The first-order chi connectivity index (χ1) is 54.9. The van der Waals surface area contributed by atoms with Gasteiger partial charge in [-0.15, -0.1) is 0 Å². The lowest BCUT2D eigenvalue weighted by molar-refractivity contribution is 1.07. The maximum absolute atomic E-state index is 9.29. The van der Waals surface area contributed by atoms with Crippen molar-refractivity contribution in [3.05, 3.63) is 394 Å². The lowest BCUT2D eigenvalue weighted by Gasteiger charge is -2.12. The number of nitrogens with zero attached hydrogens (tertiary/aromatic N) is 12. The summed E-state index contributed by atoms with van der Waals surface area (Å²) in [6.07, 6.45) is 0. The molecule has 0 bridgehead atoms. The number of benzene rings is 14. The molecule has 0 aliphatic rings. The average molecular weight is 1420 g/mol. The smallest absolute Gasteiger partial charge is 0.164 e. The van der Waals surface area contributed by atoms with Crippen LogP contribution in [-0.2, 0) is 0 Å². The number of nitriles is 1. The minimum absolute atomic E-state index is 0.606. The van der Waals surface area contributed by atoms with Crippen LogP contribution in [0.4, 0.5) is 0 Å². The Morgan fingerprint density at radius 1 is 0.180 bits per heavy atom. The molecular weight excluding hydrogens is 1360 g/mol. The summed E-state index contributed by atoms with van der Waals surface area (Å²) >= 11 is 0. The van der Waals surface area contributed by atoms with Crippen LogP contribution < -0.4 is 0 Å². The molecule has 0 amide bonds. The maximum Gasteiger partial charge on any atom is 0.164 e. The van der Waals surface area contributed by atoms with Crippen molar-refractivity contribution >= 4 is 21.8 Å². The van der Waals surface area contributed by atoms with Gasteiger partial charge < -0.3 is 4.57 Å². The highest BCUT2D eigenvalue weighted by Crippen LogP contribution is 2.37. The van der Waals surface area contributed by atoms with Crippen molar-refractivity contribution < 1.29 is 0 Å². The van der Waals surface area contributed by atoms with Crippen LogP contribution in [0, 0.1) is 11.3 Å². The fourth-order valence-corrected chi connectivity index (χ4v) is 13.8. The van der Waals surface area contributed by atoms with Gasteiger partial charge in [-0.2, -0.15) is 5.26 Å². The molecule has 0 N–H and O–H groups in total. The molecular formula is C99H64N12. The quantitative estimate of drug-likeness (QED) is 0.0962. The average Bonchev–Trinajstić information content (AvgIpc) is 1.61. The summed E-state index contributed by atoms with van der Waals surface area (Å²) in [5.74, 6) is 5.05. The number of para-hydroxylation sites is 2. The van der Waals surface area contributed by atoms with Crippen molar-refractivity contribution in [1.29, 1.82) is 5.26 Å². The summed E-state index contributed by atoms with van der Waals surface area (Å²) in [6, 6.07) is 133. The molecule has 0 aliphatic heterocycles. The van der Waals surface area contributed by atoms with Crippen molar-refractivity contribution in [3.8, 4) is 170 Å². The number of fused-ring (bicyclic) bond motifs is 3. The van der Waals surface area contributed by atoms with Gasteiger partial charge in [0, 0.05) is 83.2 Å². The molecule has 0 fully saturated rings. The van der Waals surface area contributed by atoms with E-state index in [9.17, 15) is 5.26 Å². The Balaban J connectivity index is 0.000000159. The van der Waals surface area contributed by atoms with Crippen molar-refractivity contribution in [1.82, 2.24) is 54.4 Å². The Labute approximate surface area is 641 Å². The molecule has 12 heteroatoms. The summed E-state index contributed by atoms with van der Waals surface area (Å²) < 4.78 is 2.32. The number of aromatic nitrogens is 11. The second-order valence-electron chi connectivity index (χ2n) is 26.7. The predicted molar refractivity (Wildman–Crippen MR) is 446 cm³/mol. The molecule has 19 rings (SSSR count). The van der Waals surface area contributed by atoms with E-state index in [2.05, 4.69) is 187 Å². The van der Waals surface area contributed by atoms with Crippen molar-refractivity contribution in [2.24, 2.45) is 0 Å². The van der Waals surface area contributed by atoms with Crippen LogP contribution in [-0.4, -0.2) is 54.4 Å². The van der Waals surface area contributed by atoms with E-state index in [1.807, 2.05) is 212 Å². The highest BCUT2D eigenvalue weighted by molar-refractivity contribution is 6.09. The van der Waals surface area contributed by atoms with Gasteiger partial charge in [0.25, 0.3) is 0 Å². The van der Waals surface area contributed by atoms with Gasteiger partial charge in [-0.3, -0.25) is 0 Å². The van der Waals surface area contributed by atoms with Crippen LogP contribution in [0.1, 0.15) is 5.56 Å². The summed E-state index contributed by atoms with van der Waals surface area (Å²) in [7, 11) is 0. The Kier molecular flexibility index (Phi) is 18.6. The van der Waals surface area contributed by atoms with E-state index in [1.54, 1.807) is 0 Å². The fourth-order valence-electron chi connectivity index (χ4n) is 13.8. The van der Waals surface area contributed by atoms with Gasteiger partial charge in [0.2, 0.25) is 0 Å². The highest BCUT2D eigenvalue weighted by Gasteiger charge is 2.20. The van der Waals surface area contributed by atoms with E-state index in [0.29, 0.717) is 52.2 Å². The van der Waals surface area contributed by atoms with Gasteiger partial charge in [-0.1, -0.05) is 315 Å². The third kappa shape index (κ3) is 14.5. The van der Waals surface area contributed by atoms with E-state index in [1.165, 1.54) is 21.8 Å². The standard InChI is InChI=1S/C55H36N6.C44H28N6/c1-4-15-38(16-5-1)48-36-49(57-52(56-48)40-17-6-2-7-18-40)39-29-27-37(28-30-39)43-21-14-22-44(35-43)55-59-53(41-19-8-3-9-20-41)58-54(60-55)42-31-33-45(34-32-42)61-50-25-12-10-23-46(50)47-24-11-13-26-51(47)61;45-29-30-19-21-32(22-20-30)39-28-40(47-41(46-39)34-11-4-1-5-12-34)33-25-23-31(24-26-33)37-17-10-18-38(27-37)44-49-42(35-13-6-2-7-14-35)48-43(50-44)36-15-8-3-9-16-36/h1-36H;1-28H. The fraction of sp³-hybridized carbons (Fsp3) is 0. The zero-order chi connectivity index (χ0) is 74.2. The first kappa shape index (κ1) is 67.4. The largest absolute Gasteiger partial charge is 0.309 e. The normalized spacial score (nSPS) is 11.1. The third-order valence-corrected chi connectivity index (χ3v) is 19.5. The SMILES string of the molecule is N#Cc1ccc(-c2cc(-c3ccc(-c4cccc(-c5nc(-c6ccccc6)nc(-c6ccccc6)n5)c4)cc3)nc(-c3ccccc3)n2)cc1.c1ccc(-c2cc(-c3ccc(-c4cccc(-c5nc(-c6ccccc6)nc(-c6ccc(-n7c8ccccc8c8ccccc87)cc6)n5)c4)cc3)nc(-c3ccccc3)n2)cc1. The van der Waals surface area contributed by atoms with Crippen molar-refractivity contribution in [2.45, 2.75) is 0 Å². The van der Waals surface area contributed by atoms with Crippen LogP contribution in [0.15, 0.2) is 388 Å². The molecule has 0 aliphatic carbocycles. The van der Waals surface area contributed by atoms with Gasteiger partial charge in [-0.05, 0) is 95.1 Å². The van der Waals surface area contributed by atoms with Crippen LogP contribution in [0.5, 0.6) is 0 Å². The van der Waals surface area contributed by atoms with Crippen LogP contribution in [0.25, 0.3) is 186 Å². The van der Waals surface area contributed by atoms with Crippen LogP contribution in [0.2, 0.25) is 0 Å². The Morgan fingerprint density at radius 2 is 0.414 bits per heavy atom. The van der Waals surface area contributed by atoms with E-state index in [0.717, 1.165) is 117 Å². The molecule has 0 saturated carbocycles. The molecule has 12 nitrogen and oxygen atoms in total. The molecule has 14 aromatic carbocycles. The molecule has 0 atom stereocenters. The molecule has 0 saturated heterocycles. The minimum Gasteiger partial charge on any atom is -0.309 e. The molecule has 520 valence electrons. The Bertz CT molecular complexity index is 6410. The van der Waals surface area contributed by atoms with Crippen molar-refractivity contribution in [3.63, 3.8) is 0 Å². The lowest BCUT2D eigenvalue weighted by Crippen LogP contribution is -2.00. The van der Waals surface area contributed by atoms with Gasteiger partial charge >= 0.3 is 0 Å². The van der Waals surface area contributed by atoms with Gasteiger partial charge in [0.15, 0.2) is 46.6 Å². The van der Waals surface area contributed by atoms with Gasteiger partial charge in [0.1, 0.15) is 0 Å². The Hall–Kier alpha value is -15.5. The van der Waals surface area contributed by atoms with Crippen LogP contribution in [0.3, 0.4) is 0 Å². The van der Waals surface area contributed by atoms with Gasteiger partial charge in [0.05, 0.1) is 45.4 Å². The number of rotatable bonds is 15.